The zero-order valence-corrected chi connectivity index (χ0v) is 8.64. The van der Waals surface area contributed by atoms with E-state index in [0.29, 0.717) is 12.2 Å². The zero-order valence-electron chi connectivity index (χ0n) is 8.64. The lowest BCUT2D eigenvalue weighted by Gasteiger charge is -2.09. The molecule has 0 aliphatic carbocycles. The Morgan fingerprint density at radius 1 is 1.40 bits per heavy atom. The van der Waals surface area contributed by atoms with Crippen molar-refractivity contribution in [1.82, 2.24) is 4.98 Å². The average molecular weight is 202 g/mol. The molecule has 1 unspecified atom stereocenters. The highest BCUT2D eigenvalue weighted by atomic mass is 16.3. The van der Waals surface area contributed by atoms with Crippen LogP contribution in [-0.4, -0.2) is 10.1 Å². The van der Waals surface area contributed by atoms with Gasteiger partial charge in [-0.15, -0.1) is 0 Å². The normalized spacial score (nSPS) is 12.9. The standard InChI is InChI=1S/C12H14N2O/c1-2-11(15)9-3-4-10-8(7-9)5-6-14-12(10)13/h3-7,11,15H,2H2,1H3,(H2,13,14). The van der Waals surface area contributed by atoms with Crippen molar-refractivity contribution in [3.8, 4) is 0 Å². The van der Waals surface area contributed by atoms with Crippen molar-refractivity contribution in [2.75, 3.05) is 5.73 Å². The molecule has 0 aliphatic rings. The van der Waals surface area contributed by atoms with Gasteiger partial charge in [-0.3, -0.25) is 0 Å². The molecule has 1 heterocycles. The van der Waals surface area contributed by atoms with Crippen LogP contribution in [0.4, 0.5) is 5.82 Å². The molecule has 0 bridgehead atoms. The van der Waals surface area contributed by atoms with Gasteiger partial charge in [-0.25, -0.2) is 4.98 Å². The molecular formula is C12H14N2O. The predicted octanol–water partition coefficient (Wildman–Crippen LogP) is 2.26. The number of aliphatic hydroxyl groups is 1. The van der Waals surface area contributed by atoms with Crippen LogP contribution in [0.25, 0.3) is 10.8 Å². The third-order valence-electron chi connectivity index (χ3n) is 2.59. The quantitative estimate of drug-likeness (QED) is 0.785. The molecule has 2 aromatic rings. The molecule has 0 spiro atoms. The molecule has 15 heavy (non-hydrogen) atoms. The third kappa shape index (κ3) is 1.78. The first-order chi connectivity index (χ1) is 7.22. The molecule has 0 fully saturated rings. The van der Waals surface area contributed by atoms with Crippen LogP contribution < -0.4 is 5.73 Å². The van der Waals surface area contributed by atoms with Crippen LogP contribution in [0.3, 0.4) is 0 Å². The van der Waals surface area contributed by atoms with Gasteiger partial charge in [0.25, 0.3) is 0 Å². The van der Waals surface area contributed by atoms with Crippen molar-refractivity contribution in [3.05, 3.63) is 36.0 Å². The summed E-state index contributed by atoms with van der Waals surface area (Å²) in [4.78, 5) is 4.02. The summed E-state index contributed by atoms with van der Waals surface area (Å²) in [6, 6.07) is 7.67. The molecule has 0 saturated carbocycles. The number of fused-ring (bicyclic) bond motifs is 1. The number of nitrogen functional groups attached to an aromatic ring is 1. The largest absolute Gasteiger partial charge is 0.388 e. The van der Waals surface area contributed by atoms with Gasteiger partial charge in [0, 0.05) is 11.6 Å². The maximum absolute atomic E-state index is 9.71. The molecular weight excluding hydrogens is 188 g/mol. The monoisotopic (exact) mass is 202 g/mol. The van der Waals surface area contributed by atoms with Crippen LogP contribution in [0.2, 0.25) is 0 Å². The van der Waals surface area contributed by atoms with Crippen molar-refractivity contribution >= 4 is 16.6 Å². The molecule has 0 radical (unpaired) electrons. The number of nitrogens with zero attached hydrogens (tertiary/aromatic N) is 1. The predicted molar refractivity (Wildman–Crippen MR) is 61.4 cm³/mol. The maximum Gasteiger partial charge on any atom is 0.131 e. The second-order valence-electron chi connectivity index (χ2n) is 3.60. The second kappa shape index (κ2) is 3.87. The van der Waals surface area contributed by atoms with E-state index < -0.39 is 6.10 Å². The van der Waals surface area contributed by atoms with Crippen molar-refractivity contribution in [3.63, 3.8) is 0 Å². The van der Waals surface area contributed by atoms with Gasteiger partial charge >= 0.3 is 0 Å². The van der Waals surface area contributed by atoms with Gasteiger partial charge < -0.3 is 10.8 Å². The summed E-state index contributed by atoms with van der Waals surface area (Å²) in [6.07, 6.45) is 2.00. The molecule has 78 valence electrons. The van der Waals surface area contributed by atoms with Crippen molar-refractivity contribution in [2.24, 2.45) is 0 Å². The lowest BCUT2D eigenvalue weighted by Crippen LogP contribution is -1.96. The van der Waals surface area contributed by atoms with Gasteiger partial charge in [0.1, 0.15) is 5.82 Å². The van der Waals surface area contributed by atoms with Crippen LogP contribution in [0.5, 0.6) is 0 Å². The van der Waals surface area contributed by atoms with Crippen LogP contribution in [0.1, 0.15) is 25.0 Å². The summed E-state index contributed by atoms with van der Waals surface area (Å²) >= 11 is 0. The first-order valence-electron chi connectivity index (χ1n) is 5.04. The van der Waals surface area contributed by atoms with Crippen LogP contribution in [-0.2, 0) is 0 Å². The van der Waals surface area contributed by atoms with E-state index in [0.717, 1.165) is 16.3 Å². The number of nitrogens with two attached hydrogens (primary N) is 1. The fourth-order valence-electron chi connectivity index (χ4n) is 1.66. The zero-order chi connectivity index (χ0) is 10.8. The molecule has 3 heteroatoms. The number of aliphatic hydroxyl groups excluding tert-OH is 1. The van der Waals surface area contributed by atoms with Gasteiger partial charge in [0.05, 0.1) is 6.10 Å². The van der Waals surface area contributed by atoms with E-state index in [1.54, 1.807) is 6.20 Å². The summed E-state index contributed by atoms with van der Waals surface area (Å²) in [5.74, 6) is 0.532. The highest BCUT2D eigenvalue weighted by Crippen LogP contribution is 2.24. The number of hydrogen-bond acceptors (Lipinski definition) is 3. The number of benzene rings is 1. The fraction of sp³-hybridized carbons (Fsp3) is 0.250. The molecule has 0 aliphatic heterocycles. The lowest BCUT2D eigenvalue weighted by molar-refractivity contribution is 0.174. The van der Waals surface area contributed by atoms with E-state index in [9.17, 15) is 5.11 Å². The Labute approximate surface area is 88.6 Å². The van der Waals surface area contributed by atoms with Gasteiger partial charge in [0.2, 0.25) is 0 Å². The van der Waals surface area contributed by atoms with E-state index in [-0.39, 0.29) is 0 Å². The maximum atomic E-state index is 9.71. The van der Waals surface area contributed by atoms with Gasteiger partial charge in [-0.1, -0.05) is 19.1 Å². The second-order valence-corrected chi connectivity index (χ2v) is 3.60. The summed E-state index contributed by atoms with van der Waals surface area (Å²) in [5.41, 5.74) is 6.67. The Morgan fingerprint density at radius 2 is 2.20 bits per heavy atom. The molecule has 0 amide bonds. The minimum Gasteiger partial charge on any atom is -0.388 e. The summed E-state index contributed by atoms with van der Waals surface area (Å²) in [7, 11) is 0. The van der Waals surface area contributed by atoms with E-state index >= 15 is 0 Å². The molecule has 2 rings (SSSR count). The number of hydrogen-bond donors (Lipinski definition) is 2. The van der Waals surface area contributed by atoms with Crippen LogP contribution in [0.15, 0.2) is 30.5 Å². The Kier molecular flexibility index (Phi) is 2.56. The molecule has 0 saturated heterocycles. The summed E-state index contributed by atoms with van der Waals surface area (Å²) in [5, 5.41) is 11.7. The minimum absolute atomic E-state index is 0.399. The molecule has 3 N–H and O–H groups in total. The van der Waals surface area contributed by atoms with E-state index in [1.807, 2.05) is 31.2 Å². The SMILES string of the molecule is CCC(O)c1ccc2c(N)nccc2c1. The first kappa shape index (κ1) is 9.93. The highest BCUT2D eigenvalue weighted by molar-refractivity contribution is 5.91. The Hall–Kier alpha value is -1.61. The summed E-state index contributed by atoms with van der Waals surface area (Å²) in [6.45, 7) is 1.95. The van der Waals surface area contributed by atoms with Crippen LogP contribution in [0, 0.1) is 0 Å². The molecule has 3 nitrogen and oxygen atoms in total. The molecule has 1 aromatic carbocycles. The Bertz CT molecular complexity index is 482. The highest BCUT2D eigenvalue weighted by Gasteiger charge is 2.06. The van der Waals surface area contributed by atoms with Gasteiger partial charge in [-0.2, -0.15) is 0 Å². The van der Waals surface area contributed by atoms with E-state index in [4.69, 9.17) is 5.73 Å². The first-order valence-corrected chi connectivity index (χ1v) is 5.04. The van der Waals surface area contributed by atoms with Crippen LogP contribution >= 0.6 is 0 Å². The topological polar surface area (TPSA) is 59.1 Å². The van der Waals surface area contributed by atoms with Crippen molar-refractivity contribution < 1.29 is 5.11 Å². The minimum atomic E-state index is -0.399. The van der Waals surface area contributed by atoms with Crippen molar-refractivity contribution in [1.29, 1.82) is 0 Å². The Morgan fingerprint density at radius 3 is 2.93 bits per heavy atom. The van der Waals surface area contributed by atoms with E-state index in [1.165, 1.54) is 0 Å². The number of pyridine rings is 1. The van der Waals surface area contributed by atoms with Gasteiger partial charge in [0.15, 0.2) is 0 Å². The third-order valence-corrected chi connectivity index (χ3v) is 2.59. The molecule has 1 aromatic heterocycles. The Balaban J connectivity index is 2.57. The number of anilines is 1. The lowest BCUT2D eigenvalue weighted by atomic mass is 10.0. The number of aromatic nitrogens is 1. The fourth-order valence-corrected chi connectivity index (χ4v) is 1.66. The van der Waals surface area contributed by atoms with Gasteiger partial charge in [-0.05, 0) is 29.5 Å². The van der Waals surface area contributed by atoms with Crippen molar-refractivity contribution in [2.45, 2.75) is 19.4 Å². The summed E-state index contributed by atoms with van der Waals surface area (Å²) < 4.78 is 0. The number of rotatable bonds is 2. The smallest absolute Gasteiger partial charge is 0.131 e. The molecule has 1 atom stereocenters. The average Bonchev–Trinajstić information content (AvgIpc) is 2.28. The van der Waals surface area contributed by atoms with E-state index in [2.05, 4.69) is 4.98 Å².